The largest absolute Gasteiger partial charge is 0.383 e. The Bertz CT molecular complexity index is 1440. The zero-order chi connectivity index (χ0) is 23.7. The third-order valence-corrected chi connectivity index (χ3v) is 6.66. The van der Waals surface area contributed by atoms with Crippen LogP contribution in [0.5, 0.6) is 0 Å². The molecule has 5 rings (SSSR count). The van der Waals surface area contributed by atoms with Gasteiger partial charge in [0, 0.05) is 41.6 Å². The van der Waals surface area contributed by atoms with E-state index in [2.05, 4.69) is 10.3 Å². The van der Waals surface area contributed by atoms with E-state index < -0.39 is 0 Å². The third-order valence-electron chi connectivity index (χ3n) is 5.68. The summed E-state index contributed by atoms with van der Waals surface area (Å²) in [6.45, 7) is 1.16. The minimum atomic E-state index is -0.231. The van der Waals surface area contributed by atoms with Crippen molar-refractivity contribution in [2.75, 3.05) is 24.8 Å². The van der Waals surface area contributed by atoms with Crippen molar-refractivity contribution in [3.63, 3.8) is 0 Å². The van der Waals surface area contributed by atoms with Crippen LogP contribution < -0.4 is 5.32 Å². The van der Waals surface area contributed by atoms with Crippen molar-refractivity contribution >= 4 is 46.0 Å². The number of carbonyl (C=O) groups is 3. The number of carbonyl (C=O) groups excluding carboxylic acids is 3. The lowest BCUT2D eigenvalue weighted by Gasteiger charge is -2.18. The number of thioether (sulfide) groups is 1. The van der Waals surface area contributed by atoms with Crippen molar-refractivity contribution in [2.45, 2.75) is 11.7 Å². The van der Waals surface area contributed by atoms with Gasteiger partial charge in [0.25, 0.3) is 0 Å². The number of amides is 1. The number of rotatable bonds is 7. The highest BCUT2D eigenvalue weighted by atomic mass is 32.2. The number of ketones is 2. The molecule has 0 fully saturated rings. The Labute approximate surface area is 200 Å². The van der Waals surface area contributed by atoms with Crippen molar-refractivity contribution in [3.05, 3.63) is 89.0 Å². The standard InChI is InChI=1S/C26H21N3O4S/c1-33-13-12-29-22-9-5-4-8-21(22)28-26(29)34-15-23(30)27-16-10-11-19-20(14-16)25(32)18-7-3-2-6-17(18)24(19)31/h2-11,14H,12-13,15H2,1H3,(H,27,30). The fraction of sp³-hybridized carbons (Fsp3) is 0.154. The van der Waals surface area contributed by atoms with Crippen LogP contribution in [-0.2, 0) is 16.1 Å². The Hall–Kier alpha value is -3.75. The topological polar surface area (TPSA) is 90.3 Å². The van der Waals surface area contributed by atoms with Gasteiger partial charge in [0.15, 0.2) is 16.7 Å². The van der Waals surface area contributed by atoms with E-state index >= 15 is 0 Å². The summed E-state index contributed by atoms with van der Waals surface area (Å²) < 4.78 is 7.26. The number of imidazole rings is 1. The molecule has 34 heavy (non-hydrogen) atoms. The maximum absolute atomic E-state index is 12.9. The van der Waals surface area contributed by atoms with Gasteiger partial charge in [0.1, 0.15) is 0 Å². The maximum Gasteiger partial charge on any atom is 0.234 e. The summed E-state index contributed by atoms with van der Waals surface area (Å²) in [7, 11) is 1.65. The first kappa shape index (κ1) is 22.1. The van der Waals surface area contributed by atoms with Gasteiger partial charge in [-0.3, -0.25) is 14.4 Å². The zero-order valence-corrected chi connectivity index (χ0v) is 19.2. The number of nitrogens with one attached hydrogen (secondary N) is 1. The molecule has 8 heteroatoms. The smallest absolute Gasteiger partial charge is 0.234 e. The molecule has 0 saturated heterocycles. The average molecular weight is 472 g/mol. The number of ether oxygens (including phenoxy) is 1. The van der Waals surface area contributed by atoms with Crippen LogP contribution in [0.25, 0.3) is 11.0 Å². The molecule has 1 aliphatic carbocycles. The van der Waals surface area contributed by atoms with Crippen LogP contribution in [0, 0.1) is 0 Å². The Morgan fingerprint density at radius 2 is 1.62 bits per heavy atom. The number of hydrogen-bond acceptors (Lipinski definition) is 6. The van der Waals surface area contributed by atoms with Crippen molar-refractivity contribution < 1.29 is 19.1 Å². The van der Waals surface area contributed by atoms with Crippen molar-refractivity contribution in [1.82, 2.24) is 9.55 Å². The highest BCUT2D eigenvalue weighted by Gasteiger charge is 2.29. The molecule has 0 bridgehead atoms. The highest BCUT2D eigenvalue weighted by molar-refractivity contribution is 7.99. The van der Waals surface area contributed by atoms with E-state index in [1.807, 2.05) is 28.8 Å². The zero-order valence-electron chi connectivity index (χ0n) is 18.4. The van der Waals surface area contributed by atoms with Crippen LogP contribution in [0.1, 0.15) is 31.8 Å². The van der Waals surface area contributed by atoms with Crippen molar-refractivity contribution in [2.24, 2.45) is 0 Å². The molecule has 0 saturated carbocycles. The van der Waals surface area contributed by atoms with Gasteiger partial charge in [0.05, 0.1) is 23.4 Å². The van der Waals surface area contributed by atoms with Crippen LogP contribution in [0.4, 0.5) is 5.69 Å². The lowest BCUT2D eigenvalue weighted by molar-refractivity contribution is -0.113. The number of aromatic nitrogens is 2. The van der Waals surface area contributed by atoms with Crippen LogP contribution >= 0.6 is 11.8 Å². The second-order valence-corrected chi connectivity index (χ2v) is 8.77. The summed E-state index contributed by atoms with van der Waals surface area (Å²) in [6.07, 6.45) is 0. The van der Waals surface area contributed by atoms with Crippen molar-refractivity contribution in [1.29, 1.82) is 0 Å². The molecular weight excluding hydrogens is 450 g/mol. The summed E-state index contributed by atoms with van der Waals surface area (Å²) in [5.41, 5.74) is 3.76. The lowest BCUT2D eigenvalue weighted by atomic mass is 9.84. The minimum absolute atomic E-state index is 0.142. The van der Waals surface area contributed by atoms with Gasteiger partial charge >= 0.3 is 0 Å². The molecule has 1 aromatic heterocycles. The second kappa shape index (κ2) is 9.24. The van der Waals surface area contributed by atoms with Gasteiger partial charge in [-0.2, -0.15) is 0 Å². The molecule has 0 spiro atoms. The number of methoxy groups -OCH3 is 1. The van der Waals surface area contributed by atoms with Gasteiger partial charge in [-0.15, -0.1) is 0 Å². The summed E-state index contributed by atoms with van der Waals surface area (Å²) in [5, 5.41) is 3.57. The van der Waals surface area contributed by atoms with Crippen LogP contribution in [0.3, 0.4) is 0 Å². The Morgan fingerprint density at radius 1 is 0.941 bits per heavy atom. The van der Waals surface area contributed by atoms with Gasteiger partial charge < -0.3 is 14.6 Å². The number of anilines is 1. The van der Waals surface area contributed by atoms with Crippen LogP contribution in [0.2, 0.25) is 0 Å². The van der Waals surface area contributed by atoms with Gasteiger partial charge in [-0.25, -0.2) is 4.98 Å². The predicted octanol–water partition coefficient (Wildman–Crippen LogP) is 4.19. The quantitative estimate of drug-likeness (QED) is 0.358. The number of benzene rings is 3. The SMILES string of the molecule is COCCn1c(SCC(=O)Nc2ccc3c(c2)C(=O)c2ccccc2C3=O)nc2ccccc21. The molecule has 0 atom stereocenters. The van der Waals surface area contributed by atoms with Crippen molar-refractivity contribution in [3.8, 4) is 0 Å². The van der Waals surface area contributed by atoms with E-state index in [4.69, 9.17) is 4.74 Å². The van der Waals surface area contributed by atoms with Gasteiger partial charge in [-0.1, -0.05) is 48.2 Å². The fourth-order valence-electron chi connectivity index (χ4n) is 4.07. The van der Waals surface area contributed by atoms with E-state index in [9.17, 15) is 14.4 Å². The van der Waals surface area contributed by atoms with Crippen LogP contribution in [0.15, 0.2) is 71.9 Å². The number of para-hydroxylation sites is 2. The first-order valence-corrected chi connectivity index (χ1v) is 11.7. The molecular formula is C26H21N3O4S. The highest BCUT2D eigenvalue weighted by Crippen LogP contribution is 2.29. The summed E-state index contributed by atoms with van der Waals surface area (Å²) in [4.78, 5) is 43.0. The van der Waals surface area contributed by atoms with E-state index in [0.29, 0.717) is 41.1 Å². The molecule has 0 radical (unpaired) electrons. The molecule has 3 aromatic carbocycles. The monoisotopic (exact) mass is 471 g/mol. The average Bonchev–Trinajstić information content (AvgIpc) is 3.22. The van der Waals surface area contributed by atoms with E-state index in [-0.39, 0.29) is 23.2 Å². The normalized spacial score (nSPS) is 12.5. The number of fused-ring (bicyclic) bond motifs is 3. The molecule has 1 amide bonds. The first-order valence-electron chi connectivity index (χ1n) is 10.8. The molecule has 7 nitrogen and oxygen atoms in total. The fourth-order valence-corrected chi connectivity index (χ4v) is 4.91. The Morgan fingerprint density at radius 3 is 2.38 bits per heavy atom. The molecule has 0 aliphatic heterocycles. The van der Waals surface area contributed by atoms with Gasteiger partial charge in [-0.05, 0) is 30.3 Å². The summed E-state index contributed by atoms with van der Waals surface area (Å²) in [6, 6.07) is 19.4. The molecule has 170 valence electrons. The lowest BCUT2D eigenvalue weighted by Crippen LogP contribution is -2.21. The summed E-state index contributed by atoms with van der Waals surface area (Å²) >= 11 is 1.33. The molecule has 0 unspecified atom stereocenters. The molecule has 1 aliphatic rings. The van der Waals surface area contributed by atoms with Crippen LogP contribution in [-0.4, -0.2) is 46.5 Å². The molecule has 1 N–H and O–H groups in total. The Kier molecular flexibility index (Phi) is 6.00. The third kappa shape index (κ3) is 4.02. The first-order chi connectivity index (χ1) is 16.6. The van der Waals surface area contributed by atoms with E-state index in [1.54, 1.807) is 49.6 Å². The second-order valence-electron chi connectivity index (χ2n) is 7.83. The van der Waals surface area contributed by atoms with E-state index in [0.717, 1.165) is 16.2 Å². The predicted molar refractivity (Wildman–Crippen MR) is 131 cm³/mol. The molecule has 1 heterocycles. The summed E-state index contributed by atoms with van der Waals surface area (Å²) in [5.74, 6) is -0.496. The Balaban J connectivity index is 1.32. The molecule has 4 aromatic rings. The number of hydrogen-bond donors (Lipinski definition) is 1. The number of nitrogens with zero attached hydrogens (tertiary/aromatic N) is 2. The minimum Gasteiger partial charge on any atom is -0.383 e. The maximum atomic E-state index is 12.9. The van der Waals surface area contributed by atoms with E-state index in [1.165, 1.54) is 11.8 Å². The van der Waals surface area contributed by atoms with Gasteiger partial charge in [0.2, 0.25) is 5.91 Å².